The zero-order valence-electron chi connectivity index (χ0n) is 11.0. The van der Waals surface area contributed by atoms with Gasteiger partial charge in [0.1, 0.15) is 0 Å². The summed E-state index contributed by atoms with van der Waals surface area (Å²) in [4.78, 5) is 0. The van der Waals surface area contributed by atoms with Gasteiger partial charge in [0.15, 0.2) is 0 Å². The van der Waals surface area contributed by atoms with Crippen LogP contribution in [-0.2, 0) is 6.42 Å². The summed E-state index contributed by atoms with van der Waals surface area (Å²) in [5, 5.41) is 11.0. The number of hydrogen-bond acceptors (Lipinski definition) is 1. The highest BCUT2D eigenvalue weighted by Gasteiger charge is 2.12. The van der Waals surface area contributed by atoms with E-state index in [9.17, 15) is 5.11 Å². The molecule has 3 heteroatoms. The Morgan fingerprint density at radius 3 is 2.53 bits per heavy atom. The van der Waals surface area contributed by atoms with Gasteiger partial charge in [-0.3, -0.25) is 0 Å². The predicted octanol–water partition coefficient (Wildman–Crippen LogP) is 5.00. The van der Waals surface area contributed by atoms with Crippen LogP contribution in [0.3, 0.4) is 0 Å². The van der Waals surface area contributed by atoms with Crippen molar-refractivity contribution in [3.05, 3.63) is 68.1 Å². The molecule has 0 fully saturated rings. The van der Waals surface area contributed by atoms with Gasteiger partial charge in [-0.05, 0) is 48.2 Å². The average molecular weight is 340 g/mol. The van der Waals surface area contributed by atoms with Gasteiger partial charge < -0.3 is 5.11 Å². The SMILES string of the molecule is Cc1ccc(CC(O)c2ccc(Br)c(C)c2)c(Cl)c1. The molecule has 0 aliphatic heterocycles. The second-order valence-electron chi connectivity index (χ2n) is 4.82. The van der Waals surface area contributed by atoms with Crippen LogP contribution in [0.4, 0.5) is 0 Å². The molecule has 2 rings (SSSR count). The van der Waals surface area contributed by atoms with E-state index in [-0.39, 0.29) is 0 Å². The van der Waals surface area contributed by atoms with E-state index in [1.165, 1.54) is 0 Å². The van der Waals surface area contributed by atoms with Crippen molar-refractivity contribution in [2.45, 2.75) is 26.4 Å². The molecule has 0 aliphatic carbocycles. The molecule has 0 bridgehead atoms. The molecule has 0 aliphatic rings. The molecule has 1 N–H and O–H groups in total. The number of aliphatic hydroxyl groups is 1. The maximum atomic E-state index is 10.3. The van der Waals surface area contributed by atoms with Gasteiger partial charge in [0.05, 0.1) is 6.10 Å². The molecule has 100 valence electrons. The molecule has 0 spiro atoms. The van der Waals surface area contributed by atoms with Gasteiger partial charge in [-0.15, -0.1) is 0 Å². The molecule has 1 nitrogen and oxygen atoms in total. The highest BCUT2D eigenvalue weighted by molar-refractivity contribution is 9.10. The fourth-order valence-electron chi connectivity index (χ4n) is 2.02. The first-order chi connectivity index (χ1) is 8.97. The van der Waals surface area contributed by atoms with Crippen molar-refractivity contribution < 1.29 is 5.11 Å². The Morgan fingerprint density at radius 1 is 1.16 bits per heavy atom. The molecular formula is C16H16BrClO. The lowest BCUT2D eigenvalue weighted by Crippen LogP contribution is -2.03. The van der Waals surface area contributed by atoms with Crippen LogP contribution in [0.5, 0.6) is 0 Å². The van der Waals surface area contributed by atoms with E-state index >= 15 is 0 Å². The molecule has 0 heterocycles. The Balaban J connectivity index is 2.20. The summed E-state index contributed by atoms with van der Waals surface area (Å²) in [6.45, 7) is 4.02. The van der Waals surface area contributed by atoms with Crippen molar-refractivity contribution in [3.63, 3.8) is 0 Å². The minimum absolute atomic E-state index is 0.528. The molecule has 2 aromatic carbocycles. The van der Waals surface area contributed by atoms with Crippen molar-refractivity contribution in [1.29, 1.82) is 0 Å². The highest BCUT2D eigenvalue weighted by Crippen LogP contribution is 2.26. The number of rotatable bonds is 3. The molecule has 0 saturated heterocycles. The molecule has 0 radical (unpaired) electrons. The van der Waals surface area contributed by atoms with E-state index in [1.807, 2.05) is 50.2 Å². The largest absolute Gasteiger partial charge is 0.388 e. The van der Waals surface area contributed by atoms with Crippen LogP contribution in [0.2, 0.25) is 5.02 Å². The summed E-state index contributed by atoms with van der Waals surface area (Å²) in [7, 11) is 0. The summed E-state index contributed by atoms with van der Waals surface area (Å²) in [5.74, 6) is 0. The smallest absolute Gasteiger partial charge is 0.0831 e. The van der Waals surface area contributed by atoms with Gasteiger partial charge >= 0.3 is 0 Å². The van der Waals surface area contributed by atoms with Gasteiger partial charge in [0.25, 0.3) is 0 Å². The third kappa shape index (κ3) is 3.59. The summed E-state index contributed by atoms with van der Waals surface area (Å²) in [6, 6.07) is 11.8. The van der Waals surface area contributed by atoms with Crippen molar-refractivity contribution in [1.82, 2.24) is 0 Å². The Kier molecular flexibility index (Phi) is 4.67. The van der Waals surface area contributed by atoms with Crippen LogP contribution in [-0.4, -0.2) is 5.11 Å². The first kappa shape index (κ1) is 14.6. The predicted molar refractivity (Wildman–Crippen MR) is 83.7 cm³/mol. The lowest BCUT2D eigenvalue weighted by Gasteiger charge is -2.14. The molecule has 1 unspecified atom stereocenters. The third-order valence-electron chi connectivity index (χ3n) is 3.19. The summed E-state index contributed by atoms with van der Waals surface area (Å²) in [5.41, 5.74) is 4.13. The average Bonchev–Trinajstić information content (AvgIpc) is 2.36. The Labute approximate surface area is 127 Å². The van der Waals surface area contributed by atoms with E-state index in [1.54, 1.807) is 0 Å². The number of halogens is 2. The van der Waals surface area contributed by atoms with Crippen LogP contribution in [0.15, 0.2) is 40.9 Å². The van der Waals surface area contributed by atoms with Gasteiger partial charge in [0, 0.05) is 15.9 Å². The molecule has 1 atom stereocenters. The molecule has 0 amide bonds. The lowest BCUT2D eigenvalue weighted by atomic mass is 9.99. The fraction of sp³-hybridized carbons (Fsp3) is 0.250. The first-order valence-corrected chi connectivity index (χ1v) is 7.33. The molecule has 2 aromatic rings. The zero-order valence-corrected chi connectivity index (χ0v) is 13.3. The van der Waals surface area contributed by atoms with Crippen LogP contribution in [0.1, 0.15) is 28.4 Å². The second kappa shape index (κ2) is 6.08. The second-order valence-corrected chi connectivity index (χ2v) is 6.08. The van der Waals surface area contributed by atoms with Gasteiger partial charge in [-0.25, -0.2) is 0 Å². The summed E-state index contributed by atoms with van der Waals surface area (Å²) >= 11 is 9.66. The maximum absolute atomic E-state index is 10.3. The standard InChI is InChI=1S/C16H16BrClO/c1-10-3-4-12(15(18)7-10)9-16(19)13-5-6-14(17)11(2)8-13/h3-8,16,19H,9H2,1-2H3. The molecule has 0 aromatic heterocycles. The monoisotopic (exact) mass is 338 g/mol. The minimum atomic E-state index is -0.535. The van der Waals surface area contributed by atoms with E-state index in [4.69, 9.17) is 11.6 Å². The number of hydrogen-bond donors (Lipinski definition) is 1. The van der Waals surface area contributed by atoms with E-state index in [2.05, 4.69) is 15.9 Å². The first-order valence-electron chi connectivity index (χ1n) is 6.16. The fourth-order valence-corrected chi connectivity index (χ4v) is 2.58. The van der Waals surface area contributed by atoms with Gasteiger partial charge in [-0.2, -0.15) is 0 Å². The normalized spacial score (nSPS) is 12.5. The topological polar surface area (TPSA) is 20.2 Å². The Hall–Kier alpha value is -0.830. The van der Waals surface area contributed by atoms with Gasteiger partial charge in [-0.1, -0.05) is 51.8 Å². The molecule has 0 saturated carbocycles. The number of benzene rings is 2. The van der Waals surface area contributed by atoms with Crippen molar-refractivity contribution >= 4 is 27.5 Å². The maximum Gasteiger partial charge on any atom is 0.0831 e. The van der Waals surface area contributed by atoms with E-state index in [0.29, 0.717) is 11.4 Å². The van der Waals surface area contributed by atoms with Crippen LogP contribution in [0, 0.1) is 13.8 Å². The lowest BCUT2D eigenvalue weighted by molar-refractivity contribution is 0.178. The highest BCUT2D eigenvalue weighted by atomic mass is 79.9. The summed E-state index contributed by atoms with van der Waals surface area (Å²) in [6.07, 6.45) is -0.00722. The van der Waals surface area contributed by atoms with Crippen molar-refractivity contribution in [2.24, 2.45) is 0 Å². The molecular weight excluding hydrogens is 324 g/mol. The molecule has 19 heavy (non-hydrogen) atoms. The minimum Gasteiger partial charge on any atom is -0.388 e. The van der Waals surface area contributed by atoms with Crippen LogP contribution in [0.25, 0.3) is 0 Å². The van der Waals surface area contributed by atoms with Crippen LogP contribution >= 0.6 is 27.5 Å². The van der Waals surface area contributed by atoms with Crippen LogP contribution < -0.4 is 0 Å². The summed E-state index contributed by atoms with van der Waals surface area (Å²) < 4.78 is 1.05. The van der Waals surface area contributed by atoms with Crippen molar-refractivity contribution in [2.75, 3.05) is 0 Å². The Bertz CT molecular complexity index is 595. The number of aliphatic hydroxyl groups excluding tert-OH is 1. The van der Waals surface area contributed by atoms with Gasteiger partial charge in [0.2, 0.25) is 0 Å². The van der Waals surface area contributed by atoms with E-state index < -0.39 is 6.10 Å². The van der Waals surface area contributed by atoms with Crippen molar-refractivity contribution in [3.8, 4) is 0 Å². The van der Waals surface area contributed by atoms with E-state index in [0.717, 1.165) is 26.7 Å². The quantitative estimate of drug-likeness (QED) is 0.834. The Morgan fingerprint density at radius 2 is 1.89 bits per heavy atom. The third-order valence-corrected chi connectivity index (χ3v) is 4.43. The zero-order chi connectivity index (χ0) is 14.0. The number of aryl methyl sites for hydroxylation is 2.